The fraction of sp³-hybridized carbons (Fsp3) is 1.00. The van der Waals surface area contributed by atoms with E-state index in [1.165, 1.54) is 0 Å². The molecule has 2 aliphatic rings. The summed E-state index contributed by atoms with van der Waals surface area (Å²) in [5.74, 6) is -0.589. The number of rotatable bonds is 0. The van der Waals surface area contributed by atoms with Crippen molar-refractivity contribution >= 4 is 0 Å². The third kappa shape index (κ3) is 1.15. The second kappa shape index (κ2) is 2.42. The largest absolute Gasteiger partial charge is 0.390 e. The van der Waals surface area contributed by atoms with Crippen LogP contribution in [-0.2, 0) is 9.47 Å². The van der Waals surface area contributed by atoms with Crippen LogP contribution in [0.2, 0.25) is 0 Å². The van der Waals surface area contributed by atoms with Gasteiger partial charge in [-0.2, -0.15) is 0 Å². The van der Waals surface area contributed by atoms with Crippen LogP contribution in [0.1, 0.15) is 20.3 Å². The number of hydrogen-bond acceptors (Lipinski definition) is 4. The fourth-order valence-electron chi connectivity index (χ4n) is 1.99. The van der Waals surface area contributed by atoms with E-state index in [4.69, 9.17) is 15.2 Å². The van der Waals surface area contributed by atoms with E-state index in [0.717, 1.165) is 0 Å². The summed E-state index contributed by atoms with van der Waals surface area (Å²) in [5, 5.41) is 9.52. The van der Waals surface area contributed by atoms with Crippen molar-refractivity contribution < 1.29 is 14.6 Å². The van der Waals surface area contributed by atoms with Crippen LogP contribution < -0.4 is 5.73 Å². The Balaban J connectivity index is 2.15. The smallest absolute Gasteiger partial charge is 0.163 e. The van der Waals surface area contributed by atoms with E-state index in [9.17, 15) is 5.11 Å². The summed E-state index contributed by atoms with van der Waals surface area (Å²) in [4.78, 5) is 0. The molecule has 0 aromatic rings. The molecule has 0 amide bonds. The van der Waals surface area contributed by atoms with Gasteiger partial charge in [0, 0.05) is 6.04 Å². The van der Waals surface area contributed by atoms with Crippen LogP contribution in [0, 0.1) is 0 Å². The summed E-state index contributed by atoms with van der Waals surface area (Å²) in [6.45, 7) is 3.68. The van der Waals surface area contributed by atoms with Gasteiger partial charge in [0.2, 0.25) is 0 Å². The molecule has 0 spiro atoms. The average Bonchev–Trinajstić information content (AvgIpc) is 2.34. The first-order valence-electron chi connectivity index (χ1n) is 4.29. The number of aliphatic hydroxyl groups is 1. The highest BCUT2D eigenvalue weighted by Gasteiger charge is 2.52. The van der Waals surface area contributed by atoms with Crippen molar-refractivity contribution in [3.05, 3.63) is 0 Å². The van der Waals surface area contributed by atoms with Crippen molar-refractivity contribution in [1.29, 1.82) is 0 Å². The van der Waals surface area contributed by atoms with Gasteiger partial charge in [-0.15, -0.1) is 0 Å². The average molecular weight is 173 g/mol. The Hall–Kier alpha value is -0.160. The van der Waals surface area contributed by atoms with Crippen molar-refractivity contribution in [1.82, 2.24) is 0 Å². The van der Waals surface area contributed by atoms with Crippen molar-refractivity contribution in [3.63, 3.8) is 0 Å². The highest BCUT2D eigenvalue weighted by atomic mass is 16.8. The Morgan fingerprint density at radius 3 is 2.50 bits per heavy atom. The molecule has 1 aliphatic heterocycles. The van der Waals surface area contributed by atoms with Crippen molar-refractivity contribution in [2.45, 2.75) is 50.4 Å². The molecule has 0 radical (unpaired) electrons. The van der Waals surface area contributed by atoms with E-state index >= 15 is 0 Å². The van der Waals surface area contributed by atoms with Crippen LogP contribution in [0.4, 0.5) is 0 Å². The molecule has 1 heterocycles. The lowest BCUT2D eigenvalue weighted by Gasteiger charge is -2.20. The minimum absolute atomic E-state index is 0.0909. The Kier molecular flexibility index (Phi) is 1.70. The molecule has 2 rings (SSSR count). The van der Waals surface area contributed by atoms with E-state index in [2.05, 4.69) is 0 Å². The molecule has 0 aromatic carbocycles. The predicted octanol–water partition coefficient (Wildman–Crippen LogP) is -0.402. The van der Waals surface area contributed by atoms with E-state index in [-0.39, 0.29) is 18.2 Å². The minimum Gasteiger partial charge on any atom is -0.390 e. The van der Waals surface area contributed by atoms with E-state index in [0.29, 0.717) is 6.42 Å². The van der Waals surface area contributed by atoms with Crippen LogP contribution in [-0.4, -0.2) is 35.2 Å². The van der Waals surface area contributed by atoms with Gasteiger partial charge in [-0.3, -0.25) is 0 Å². The highest BCUT2D eigenvalue weighted by molar-refractivity contribution is 5.00. The van der Waals surface area contributed by atoms with Gasteiger partial charge in [0.15, 0.2) is 5.79 Å². The van der Waals surface area contributed by atoms with Crippen molar-refractivity contribution in [2.75, 3.05) is 0 Å². The summed E-state index contributed by atoms with van der Waals surface area (Å²) in [5.41, 5.74) is 5.77. The molecule has 4 heteroatoms. The third-order valence-electron chi connectivity index (χ3n) is 2.48. The topological polar surface area (TPSA) is 64.7 Å². The zero-order valence-electron chi connectivity index (χ0n) is 7.36. The summed E-state index contributed by atoms with van der Waals surface area (Å²) < 4.78 is 11.1. The van der Waals surface area contributed by atoms with Crippen LogP contribution in [0.25, 0.3) is 0 Å². The first kappa shape index (κ1) is 8.44. The molecular formula is C8H15NO3. The summed E-state index contributed by atoms with van der Waals surface area (Å²) >= 11 is 0. The molecule has 4 atom stereocenters. The summed E-state index contributed by atoms with van der Waals surface area (Å²) in [7, 11) is 0. The number of ether oxygens (including phenoxy) is 2. The molecular weight excluding hydrogens is 158 g/mol. The van der Waals surface area contributed by atoms with Crippen LogP contribution in [0.15, 0.2) is 0 Å². The molecule has 3 N–H and O–H groups in total. The van der Waals surface area contributed by atoms with Crippen LogP contribution in [0.5, 0.6) is 0 Å². The molecule has 1 aliphatic carbocycles. The lowest BCUT2D eigenvalue weighted by molar-refractivity contribution is -0.163. The van der Waals surface area contributed by atoms with Crippen LogP contribution in [0.3, 0.4) is 0 Å². The normalized spacial score (nSPS) is 51.0. The summed E-state index contributed by atoms with van der Waals surface area (Å²) in [6, 6.07) is -0.0909. The monoisotopic (exact) mass is 173 g/mol. The highest BCUT2D eigenvalue weighted by Crippen LogP contribution is 2.37. The zero-order valence-corrected chi connectivity index (χ0v) is 7.36. The van der Waals surface area contributed by atoms with Gasteiger partial charge in [-0.1, -0.05) is 0 Å². The standard InChI is InChI=1S/C8H15NO3/c1-8(2)11-6-4(9)3-5(10)7(6)12-8/h4-7,10H,3,9H2,1-2H3/t4-,5+,6?,7+/m1/s1. The zero-order chi connectivity index (χ0) is 8.93. The quantitative estimate of drug-likeness (QED) is 0.523. The summed E-state index contributed by atoms with van der Waals surface area (Å²) in [6.07, 6.45) is -0.248. The maximum absolute atomic E-state index is 9.52. The molecule has 4 nitrogen and oxygen atoms in total. The number of hydrogen-bond donors (Lipinski definition) is 2. The molecule has 0 aromatic heterocycles. The fourth-order valence-corrected chi connectivity index (χ4v) is 1.99. The van der Waals surface area contributed by atoms with Gasteiger partial charge in [-0.05, 0) is 20.3 Å². The SMILES string of the molecule is CC1(C)OC2[C@H](N)C[C@H](O)[C@@H]2O1. The van der Waals surface area contributed by atoms with Crippen molar-refractivity contribution in [3.8, 4) is 0 Å². The van der Waals surface area contributed by atoms with Crippen molar-refractivity contribution in [2.24, 2.45) is 5.73 Å². The Morgan fingerprint density at radius 2 is 1.92 bits per heavy atom. The van der Waals surface area contributed by atoms with E-state index in [1.54, 1.807) is 0 Å². The van der Waals surface area contributed by atoms with Gasteiger partial charge in [0.05, 0.1) is 6.10 Å². The molecule has 12 heavy (non-hydrogen) atoms. The van der Waals surface area contributed by atoms with Gasteiger partial charge < -0.3 is 20.3 Å². The van der Waals surface area contributed by atoms with E-state index < -0.39 is 11.9 Å². The first-order chi connectivity index (χ1) is 5.49. The Labute approximate surface area is 71.6 Å². The molecule has 1 unspecified atom stereocenters. The first-order valence-corrected chi connectivity index (χ1v) is 4.29. The lowest BCUT2D eigenvalue weighted by Crippen LogP contribution is -2.35. The van der Waals surface area contributed by atoms with Gasteiger partial charge in [-0.25, -0.2) is 0 Å². The lowest BCUT2D eigenvalue weighted by atomic mass is 10.2. The molecule has 70 valence electrons. The minimum atomic E-state index is -0.589. The van der Waals surface area contributed by atoms with Gasteiger partial charge in [0.25, 0.3) is 0 Å². The molecule has 1 saturated heterocycles. The number of fused-ring (bicyclic) bond motifs is 1. The number of aliphatic hydroxyl groups excluding tert-OH is 1. The molecule has 2 fully saturated rings. The number of nitrogens with two attached hydrogens (primary N) is 1. The Morgan fingerprint density at radius 1 is 1.33 bits per heavy atom. The third-order valence-corrected chi connectivity index (χ3v) is 2.48. The maximum Gasteiger partial charge on any atom is 0.163 e. The molecule has 1 saturated carbocycles. The predicted molar refractivity (Wildman–Crippen MR) is 42.4 cm³/mol. The van der Waals surface area contributed by atoms with Crippen LogP contribution >= 0.6 is 0 Å². The molecule has 0 bridgehead atoms. The second-order valence-corrected chi connectivity index (χ2v) is 4.03. The van der Waals surface area contributed by atoms with Gasteiger partial charge >= 0.3 is 0 Å². The maximum atomic E-state index is 9.52. The van der Waals surface area contributed by atoms with Gasteiger partial charge in [0.1, 0.15) is 12.2 Å². The van der Waals surface area contributed by atoms with E-state index in [1.807, 2.05) is 13.8 Å². The Bertz CT molecular complexity index is 177. The second-order valence-electron chi connectivity index (χ2n) is 4.03.